The van der Waals surface area contributed by atoms with Gasteiger partial charge in [0, 0.05) is 13.2 Å². The van der Waals surface area contributed by atoms with E-state index in [1.54, 1.807) is 0 Å². The lowest BCUT2D eigenvalue weighted by molar-refractivity contribution is 0.125. The molecule has 2 heteroatoms. The summed E-state index contributed by atoms with van der Waals surface area (Å²) in [7, 11) is 0. The van der Waals surface area contributed by atoms with E-state index in [1.165, 1.54) is 32.1 Å². The van der Waals surface area contributed by atoms with Crippen LogP contribution >= 0.6 is 0 Å². The molecule has 0 aliphatic carbocycles. The molecule has 0 heterocycles. The zero-order valence-corrected chi connectivity index (χ0v) is 12.4. The molecule has 1 N–H and O–H groups in total. The van der Waals surface area contributed by atoms with Crippen LogP contribution in [0.4, 0.5) is 0 Å². The van der Waals surface area contributed by atoms with Gasteiger partial charge in [-0.3, -0.25) is 0 Å². The Morgan fingerprint density at radius 1 is 0.824 bits per heavy atom. The van der Waals surface area contributed by atoms with E-state index >= 15 is 0 Å². The second-order valence-electron chi connectivity index (χ2n) is 5.81. The molecule has 0 saturated heterocycles. The lowest BCUT2D eigenvalue weighted by atomic mass is 10.1. The van der Waals surface area contributed by atoms with Crippen molar-refractivity contribution in [3.05, 3.63) is 0 Å². The molecule has 0 aliphatic rings. The minimum Gasteiger partial charge on any atom is -0.381 e. The molecule has 0 aromatic heterocycles. The first-order valence-corrected chi connectivity index (χ1v) is 7.41. The van der Waals surface area contributed by atoms with Crippen molar-refractivity contribution in [2.45, 2.75) is 59.8 Å². The van der Waals surface area contributed by atoms with E-state index < -0.39 is 0 Å². The summed E-state index contributed by atoms with van der Waals surface area (Å²) in [6, 6.07) is 0. The molecule has 0 unspecified atom stereocenters. The van der Waals surface area contributed by atoms with Gasteiger partial charge in [0.2, 0.25) is 0 Å². The fourth-order valence-corrected chi connectivity index (χ4v) is 1.70. The summed E-state index contributed by atoms with van der Waals surface area (Å²) < 4.78 is 5.62. The van der Waals surface area contributed by atoms with Gasteiger partial charge < -0.3 is 10.1 Å². The zero-order valence-electron chi connectivity index (χ0n) is 12.4. The monoisotopic (exact) mass is 243 g/mol. The number of hydrogen-bond donors (Lipinski definition) is 1. The highest BCUT2D eigenvalue weighted by atomic mass is 16.5. The maximum absolute atomic E-state index is 5.62. The van der Waals surface area contributed by atoms with Gasteiger partial charge in [-0.2, -0.15) is 0 Å². The Balaban J connectivity index is 2.94. The standard InChI is InChI=1S/C15H33NO/c1-14(2)9-5-7-11-17-12-8-6-10-16-13-15(3)4/h14-16H,5-13H2,1-4H3. The largest absolute Gasteiger partial charge is 0.381 e. The number of nitrogens with one attached hydrogen (secondary N) is 1. The minimum absolute atomic E-state index is 0.757. The van der Waals surface area contributed by atoms with Gasteiger partial charge in [-0.1, -0.05) is 40.5 Å². The van der Waals surface area contributed by atoms with Crippen LogP contribution in [0.5, 0.6) is 0 Å². The predicted molar refractivity (Wildman–Crippen MR) is 76.4 cm³/mol. The van der Waals surface area contributed by atoms with Crippen LogP contribution in [0.3, 0.4) is 0 Å². The average molecular weight is 243 g/mol. The molecule has 0 rings (SSSR count). The Morgan fingerprint density at radius 2 is 1.47 bits per heavy atom. The summed E-state index contributed by atoms with van der Waals surface area (Å²) in [5.41, 5.74) is 0. The normalized spacial score (nSPS) is 11.6. The molecule has 104 valence electrons. The lowest BCUT2D eigenvalue weighted by Gasteiger charge is -2.08. The van der Waals surface area contributed by atoms with Gasteiger partial charge in [0.25, 0.3) is 0 Å². The van der Waals surface area contributed by atoms with Gasteiger partial charge in [-0.05, 0) is 44.2 Å². The van der Waals surface area contributed by atoms with Crippen molar-refractivity contribution >= 4 is 0 Å². The molecule has 0 aliphatic heterocycles. The predicted octanol–water partition coefficient (Wildman–Crippen LogP) is 3.86. The molecule has 0 fully saturated rings. The van der Waals surface area contributed by atoms with E-state index in [2.05, 4.69) is 33.0 Å². The molecule has 0 radical (unpaired) electrons. The maximum Gasteiger partial charge on any atom is 0.0466 e. The number of hydrogen-bond acceptors (Lipinski definition) is 2. The first kappa shape index (κ1) is 16.9. The van der Waals surface area contributed by atoms with Crippen molar-refractivity contribution in [1.82, 2.24) is 5.32 Å². The highest BCUT2D eigenvalue weighted by Crippen LogP contribution is 2.06. The van der Waals surface area contributed by atoms with E-state index in [9.17, 15) is 0 Å². The van der Waals surface area contributed by atoms with Crippen LogP contribution in [-0.4, -0.2) is 26.3 Å². The summed E-state index contributed by atoms with van der Waals surface area (Å²) in [6.45, 7) is 13.2. The lowest BCUT2D eigenvalue weighted by Crippen LogP contribution is -2.20. The molecule has 0 aromatic carbocycles. The molecule has 0 spiro atoms. The molecule has 0 atom stereocenters. The van der Waals surface area contributed by atoms with Crippen LogP contribution in [0.2, 0.25) is 0 Å². The first-order valence-electron chi connectivity index (χ1n) is 7.41. The summed E-state index contributed by atoms with van der Waals surface area (Å²) in [5.74, 6) is 1.59. The van der Waals surface area contributed by atoms with E-state index in [-0.39, 0.29) is 0 Å². The third-order valence-electron chi connectivity index (χ3n) is 2.76. The van der Waals surface area contributed by atoms with Gasteiger partial charge in [0.05, 0.1) is 0 Å². The maximum atomic E-state index is 5.62. The summed E-state index contributed by atoms with van der Waals surface area (Å²) in [4.78, 5) is 0. The van der Waals surface area contributed by atoms with Crippen LogP contribution in [0.15, 0.2) is 0 Å². The Hall–Kier alpha value is -0.0800. The SMILES string of the molecule is CC(C)CCCCOCCCCNCC(C)C. The quantitative estimate of drug-likeness (QED) is 0.526. The first-order chi connectivity index (χ1) is 8.13. The molecular formula is C15H33NO. The zero-order chi connectivity index (χ0) is 12.9. The molecule has 0 bridgehead atoms. The van der Waals surface area contributed by atoms with Gasteiger partial charge in [-0.25, -0.2) is 0 Å². The molecule has 2 nitrogen and oxygen atoms in total. The Bertz CT molecular complexity index is 130. The van der Waals surface area contributed by atoms with Crippen molar-refractivity contribution in [2.75, 3.05) is 26.3 Å². The minimum atomic E-state index is 0.757. The van der Waals surface area contributed by atoms with Crippen molar-refractivity contribution in [2.24, 2.45) is 11.8 Å². The molecular weight excluding hydrogens is 210 g/mol. The van der Waals surface area contributed by atoms with Crippen molar-refractivity contribution in [1.29, 1.82) is 0 Å². The van der Waals surface area contributed by atoms with E-state index in [4.69, 9.17) is 4.74 Å². The molecule has 0 aromatic rings. The Morgan fingerprint density at radius 3 is 2.06 bits per heavy atom. The Labute approximate surface area is 109 Å². The van der Waals surface area contributed by atoms with Gasteiger partial charge in [-0.15, -0.1) is 0 Å². The Kier molecular flexibility index (Phi) is 12.3. The molecule has 17 heavy (non-hydrogen) atoms. The van der Waals surface area contributed by atoms with Crippen LogP contribution in [0, 0.1) is 11.8 Å². The molecule has 0 saturated carbocycles. The fourth-order valence-electron chi connectivity index (χ4n) is 1.70. The third kappa shape index (κ3) is 15.9. The highest BCUT2D eigenvalue weighted by molar-refractivity contribution is 4.51. The second kappa shape index (κ2) is 12.4. The second-order valence-corrected chi connectivity index (χ2v) is 5.81. The van der Waals surface area contributed by atoms with Crippen molar-refractivity contribution in [3.63, 3.8) is 0 Å². The van der Waals surface area contributed by atoms with E-state index in [0.717, 1.165) is 38.1 Å². The number of ether oxygens (including phenoxy) is 1. The summed E-state index contributed by atoms with van der Waals surface area (Å²) in [6.07, 6.45) is 6.30. The topological polar surface area (TPSA) is 21.3 Å². The summed E-state index contributed by atoms with van der Waals surface area (Å²) in [5, 5.41) is 3.45. The van der Waals surface area contributed by atoms with Gasteiger partial charge >= 0.3 is 0 Å². The van der Waals surface area contributed by atoms with Crippen LogP contribution in [0.1, 0.15) is 59.8 Å². The van der Waals surface area contributed by atoms with Crippen LogP contribution < -0.4 is 5.32 Å². The third-order valence-corrected chi connectivity index (χ3v) is 2.76. The van der Waals surface area contributed by atoms with Gasteiger partial charge in [0.15, 0.2) is 0 Å². The van der Waals surface area contributed by atoms with Crippen molar-refractivity contribution in [3.8, 4) is 0 Å². The fraction of sp³-hybridized carbons (Fsp3) is 1.00. The summed E-state index contributed by atoms with van der Waals surface area (Å²) >= 11 is 0. The molecule has 0 amide bonds. The smallest absolute Gasteiger partial charge is 0.0466 e. The van der Waals surface area contributed by atoms with Crippen molar-refractivity contribution < 1.29 is 4.74 Å². The van der Waals surface area contributed by atoms with E-state index in [1.807, 2.05) is 0 Å². The van der Waals surface area contributed by atoms with Crippen LogP contribution in [-0.2, 0) is 4.74 Å². The number of rotatable bonds is 12. The highest BCUT2D eigenvalue weighted by Gasteiger charge is 1.95. The van der Waals surface area contributed by atoms with E-state index in [0.29, 0.717) is 0 Å². The average Bonchev–Trinajstić information content (AvgIpc) is 2.25. The van der Waals surface area contributed by atoms with Gasteiger partial charge in [0.1, 0.15) is 0 Å². The number of unbranched alkanes of at least 4 members (excludes halogenated alkanes) is 2. The van der Waals surface area contributed by atoms with Crippen LogP contribution in [0.25, 0.3) is 0 Å².